The summed E-state index contributed by atoms with van der Waals surface area (Å²) in [5.41, 5.74) is 9.64. The van der Waals surface area contributed by atoms with Crippen molar-refractivity contribution in [3.05, 3.63) is 124 Å². The van der Waals surface area contributed by atoms with Crippen LogP contribution in [0, 0.1) is 6.92 Å². The van der Waals surface area contributed by atoms with Crippen LogP contribution in [0.1, 0.15) is 51.0 Å². The molecule has 0 saturated carbocycles. The van der Waals surface area contributed by atoms with E-state index in [1.54, 1.807) is 32.3 Å². The van der Waals surface area contributed by atoms with E-state index in [-0.39, 0.29) is 31.2 Å². The zero-order chi connectivity index (χ0) is 49.0. The van der Waals surface area contributed by atoms with Gasteiger partial charge in [-0.15, -0.1) is 0 Å². The molecule has 0 N–H and O–H groups in total. The zero-order valence-electron chi connectivity index (χ0n) is 40.8. The van der Waals surface area contributed by atoms with Gasteiger partial charge in [-0.2, -0.15) is 0 Å². The minimum absolute atomic E-state index is 0.000809. The van der Waals surface area contributed by atoms with Gasteiger partial charge in [0.05, 0.1) is 76.3 Å². The van der Waals surface area contributed by atoms with E-state index in [1.165, 1.54) is 5.56 Å². The Bertz CT molecular complexity index is 2660. The van der Waals surface area contributed by atoms with E-state index >= 15 is 0 Å². The number of carbonyl (C=O) groups excluding carboxylic acids is 3. The summed E-state index contributed by atoms with van der Waals surface area (Å²) in [5.74, 6) is 1.95. The second-order valence-electron chi connectivity index (χ2n) is 17.6. The number of aryl methyl sites for hydroxylation is 1. The van der Waals surface area contributed by atoms with Gasteiger partial charge in [0, 0.05) is 82.0 Å². The van der Waals surface area contributed by atoms with Gasteiger partial charge in [-0.05, 0) is 90.0 Å². The number of unbranched alkanes of at least 4 members (excludes halogenated alkanes) is 1. The summed E-state index contributed by atoms with van der Waals surface area (Å²) in [6.45, 7) is 6.47. The maximum Gasteiger partial charge on any atom is 0.260 e. The Kier molecular flexibility index (Phi) is 16.7. The molecule has 0 radical (unpaired) electrons. The number of aldehydes is 1. The number of amides is 2. The number of hydrogen-bond donors (Lipinski definition) is 0. The Morgan fingerprint density at radius 3 is 2.07 bits per heavy atom. The Morgan fingerprint density at radius 1 is 0.714 bits per heavy atom. The number of fused-ring (bicyclic) bond motifs is 5. The smallest absolute Gasteiger partial charge is 0.260 e. The fourth-order valence-electron chi connectivity index (χ4n) is 9.45. The molecule has 5 aromatic carbocycles. The highest BCUT2D eigenvalue weighted by Gasteiger charge is 2.39. The molecule has 1 unspecified atom stereocenters. The molecule has 0 aromatic heterocycles. The minimum Gasteiger partial charge on any atom is -0.493 e. The molecule has 3 heterocycles. The van der Waals surface area contributed by atoms with Crippen LogP contribution in [0.15, 0.2) is 96.0 Å². The van der Waals surface area contributed by atoms with Gasteiger partial charge in [0.25, 0.3) is 5.91 Å². The average molecular weight is 954 g/mol. The molecule has 368 valence electrons. The van der Waals surface area contributed by atoms with Crippen molar-refractivity contribution in [2.75, 3.05) is 101 Å². The Hall–Kier alpha value is -6.94. The zero-order valence-corrected chi connectivity index (χ0v) is 40.8. The number of anilines is 4. The summed E-state index contributed by atoms with van der Waals surface area (Å²) in [6, 6.07) is 29.4. The van der Waals surface area contributed by atoms with Crippen molar-refractivity contribution in [3.63, 3.8) is 0 Å². The SMILES string of the molecule is COCCOCCOCCN(CCCC=O)c1cc(COc2cc(N=C[C@@H]3Cc4ccccc4N3C=O)c(C)cc2OC)cc(COc2cc3c(cc2OC)C(=O)N2c4ccccc4CC2CN3C)c1. The molecule has 0 aliphatic carbocycles. The van der Waals surface area contributed by atoms with Crippen molar-refractivity contribution in [3.8, 4) is 23.0 Å². The van der Waals surface area contributed by atoms with Gasteiger partial charge in [-0.3, -0.25) is 14.6 Å². The molecule has 15 nitrogen and oxygen atoms in total. The maximum atomic E-state index is 14.3. The van der Waals surface area contributed by atoms with E-state index in [2.05, 4.69) is 28.0 Å². The molecule has 0 fully saturated rings. The molecular formula is C55H63N5O10. The summed E-state index contributed by atoms with van der Waals surface area (Å²) < 4.78 is 41.6. The monoisotopic (exact) mass is 953 g/mol. The highest BCUT2D eigenvalue weighted by molar-refractivity contribution is 6.12. The predicted octanol–water partition coefficient (Wildman–Crippen LogP) is 7.95. The Morgan fingerprint density at radius 2 is 1.37 bits per heavy atom. The van der Waals surface area contributed by atoms with Gasteiger partial charge >= 0.3 is 0 Å². The molecule has 2 atom stereocenters. The first-order valence-electron chi connectivity index (χ1n) is 23.8. The first-order chi connectivity index (χ1) is 34.2. The number of nitrogens with zero attached hydrogens (tertiary/aromatic N) is 5. The summed E-state index contributed by atoms with van der Waals surface area (Å²) in [7, 11) is 6.84. The highest BCUT2D eigenvalue weighted by atomic mass is 16.5. The quantitative estimate of drug-likeness (QED) is 0.0319. The minimum atomic E-state index is -0.219. The fraction of sp³-hybridized carbons (Fsp3) is 0.382. The van der Waals surface area contributed by atoms with Crippen molar-refractivity contribution in [2.45, 2.75) is 57.9 Å². The number of aliphatic imine (C=N–C) groups is 1. The molecule has 2 amide bonds. The molecular weight excluding hydrogens is 891 g/mol. The van der Waals surface area contributed by atoms with Crippen LogP contribution in [0.25, 0.3) is 0 Å². The molecule has 3 aliphatic rings. The van der Waals surface area contributed by atoms with Gasteiger partial charge in [0.2, 0.25) is 6.41 Å². The van der Waals surface area contributed by atoms with Crippen LogP contribution in [-0.2, 0) is 49.9 Å². The van der Waals surface area contributed by atoms with Crippen LogP contribution in [-0.4, -0.2) is 118 Å². The number of methoxy groups -OCH3 is 3. The molecule has 15 heteroatoms. The summed E-state index contributed by atoms with van der Waals surface area (Å²) >= 11 is 0. The van der Waals surface area contributed by atoms with Crippen LogP contribution in [0.3, 0.4) is 0 Å². The van der Waals surface area contributed by atoms with E-state index in [1.807, 2.05) is 91.8 Å². The lowest BCUT2D eigenvalue weighted by Crippen LogP contribution is -2.41. The van der Waals surface area contributed by atoms with E-state index in [0.29, 0.717) is 106 Å². The van der Waals surface area contributed by atoms with Gasteiger partial charge in [-0.1, -0.05) is 36.4 Å². The molecule has 0 spiro atoms. The van der Waals surface area contributed by atoms with Crippen molar-refractivity contribution in [1.82, 2.24) is 0 Å². The maximum absolute atomic E-state index is 14.3. The van der Waals surface area contributed by atoms with Crippen LogP contribution in [0.5, 0.6) is 23.0 Å². The topological polar surface area (TPSA) is 141 Å². The summed E-state index contributed by atoms with van der Waals surface area (Å²) in [4.78, 5) is 50.8. The highest BCUT2D eigenvalue weighted by Crippen LogP contribution is 2.43. The summed E-state index contributed by atoms with van der Waals surface area (Å²) in [6.07, 6.45) is 6.14. The number of likely N-dealkylation sites (N-methyl/N-ethyl adjacent to an activating group) is 1. The lowest BCUT2D eigenvalue weighted by atomic mass is 10.1. The van der Waals surface area contributed by atoms with Crippen molar-refractivity contribution >= 4 is 53.3 Å². The lowest BCUT2D eigenvalue weighted by Gasteiger charge is -2.26. The van der Waals surface area contributed by atoms with E-state index < -0.39 is 0 Å². The third-order valence-electron chi connectivity index (χ3n) is 13.0. The second kappa shape index (κ2) is 23.6. The number of para-hydroxylation sites is 2. The Balaban J connectivity index is 1.06. The largest absolute Gasteiger partial charge is 0.493 e. The molecule has 3 aliphatic heterocycles. The number of benzene rings is 5. The number of hydrogen-bond acceptors (Lipinski definition) is 13. The average Bonchev–Trinajstić information content (AvgIpc) is 3.91. The van der Waals surface area contributed by atoms with Crippen LogP contribution < -0.4 is 38.5 Å². The molecule has 0 bridgehead atoms. The fourth-order valence-corrected chi connectivity index (χ4v) is 9.45. The van der Waals surface area contributed by atoms with Crippen LogP contribution in [0.4, 0.5) is 28.4 Å². The predicted molar refractivity (Wildman–Crippen MR) is 271 cm³/mol. The number of ether oxygens (including phenoxy) is 7. The summed E-state index contributed by atoms with van der Waals surface area (Å²) in [5, 5.41) is 0. The van der Waals surface area contributed by atoms with E-state index in [0.717, 1.165) is 64.1 Å². The van der Waals surface area contributed by atoms with Crippen molar-refractivity contribution in [2.24, 2.45) is 4.99 Å². The van der Waals surface area contributed by atoms with Crippen LogP contribution in [0.2, 0.25) is 0 Å². The van der Waals surface area contributed by atoms with Crippen molar-refractivity contribution < 1.29 is 47.5 Å². The number of rotatable bonds is 25. The van der Waals surface area contributed by atoms with Gasteiger partial charge < -0.3 is 57.6 Å². The molecule has 8 rings (SSSR count). The van der Waals surface area contributed by atoms with Gasteiger partial charge in [0.15, 0.2) is 23.0 Å². The van der Waals surface area contributed by atoms with E-state index in [9.17, 15) is 14.4 Å². The standard InChI is InChI=1S/C55H63N5O10/c1-38-24-51(65-4)53(31-47(38)56-33-44-28-41-12-6-8-14-48(41)59(44)37-62)69-35-39-25-40(27-43(26-39)58(16-10-11-18-61)17-19-67-22-23-68-21-20-64-3)36-70-54-32-50-46(30-52(54)66-5)55(63)60-45(34-57(50)2)29-42-13-7-9-15-49(42)60/h6-9,12-15,18,24-27,30-33,37,44-45H,10-11,16-17,19-23,28-29,34-36H2,1-5H3/t44-,45?/m0/s1. The molecule has 70 heavy (non-hydrogen) atoms. The number of carbonyl (C=O) groups is 3. The van der Waals surface area contributed by atoms with Gasteiger partial charge in [-0.25, -0.2) is 0 Å². The van der Waals surface area contributed by atoms with E-state index in [4.69, 9.17) is 38.2 Å². The molecule has 5 aromatic rings. The second-order valence-corrected chi connectivity index (χ2v) is 17.6. The van der Waals surface area contributed by atoms with Crippen LogP contribution >= 0.6 is 0 Å². The third kappa shape index (κ3) is 11.4. The van der Waals surface area contributed by atoms with Crippen molar-refractivity contribution in [1.29, 1.82) is 0 Å². The Labute approximate surface area is 410 Å². The first kappa shape index (κ1) is 49.5. The van der Waals surface area contributed by atoms with Gasteiger partial charge in [0.1, 0.15) is 19.5 Å². The third-order valence-corrected chi connectivity index (χ3v) is 13.0. The lowest BCUT2D eigenvalue weighted by molar-refractivity contribution is -0.108. The normalized spacial score (nSPS) is 15.8. The molecule has 0 saturated heterocycles. The first-order valence-corrected chi connectivity index (χ1v) is 23.8.